The molecule has 0 bridgehead atoms. The predicted molar refractivity (Wildman–Crippen MR) is 78.7 cm³/mol. The van der Waals surface area contributed by atoms with E-state index < -0.39 is 0 Å². The summed E-state index contributed by atoms with van der Waals surface area (Å²) in [5, 5.41) is 0. The molecule has 1 aromatic carbocycles. The molecule has 1 aromatic rings. The summed E-state index contributed by atoms with van der Waals surface area (Å²) < 4.78 is 5.53. The molecule has 2 rings (SSSR count). The first-order chi connectivity index (χ1) is 9.69. The Hall–Kier alpha value is -1.59. The van der Waals surface area contributed by atoms with Gasteiger partial charge in [-0.15, -0.1) is 0 Å². The maximum atomic E-state index is 12.1. The smallest absolute Gasteiger partial charge is 0.260 e. The Morgan fingerprint density at radius 1 is 1.20 bits per heavy atom. The Balaban J connectivity index is 1.74. The first kappa shape index (κ1) is 14.8. The quantitative estimate of drug-likeness (QED) is 0.850. The van der Waals surface area contributed by atoms with E-state index in [9.17, 15) is 4.79 Å². The van der Waals surface area contributed by atoms with Crippen LogP contribution in [0.25, 0.3) is 0 Å². The molecule has 5 heteroatoms. The predicted octanol–water partition coefficient (Wildman–Crippen LogP) is 0.477. The third kappa shape index (κ3) is 4.21. The number of nitrogens with zero attached hydrogens (tertiary/aromatic N) is 2. The number of hydrogen-bond acceptors (Lipinski definition) is 4. The largest absolute Gasteiger partial charge is 0.484 e. The first-order valence-corrected chi connectivity index (χ1v) is 7.08. The zero-order valence-electron chi connectivity index (χ0n) is 12.0. The van der Waals surface area contributed by atoms with E-state index >= 15 is 0 Å². The molecule has 2 N–H and O–H groups in total. The number of benzene rings is 1. The number of carbonyl (C=O) groups excluding carboxylic acids is 1. The Morgan fingerprint density at radius 2 is 1.85 bits per heavy atom. The summed E-state index contributed by atoms with van der Waals surface area (Å²) in [4.78, 5) is 16.2. The second-order valence-electron chi connectivity index (χ2n) is 5.11. The normalized spacial score (nSPS) is 16.2. The number of nitrogens with two attached hydrogens (primary N) is 1. The van der Waals surface area contributed by atoms with Gasteiger partial charge in [0.2, 0.25) is 0 Å². The van der Waals surface area contributed by atoms with Gasteiger partial charge in [-0.05, 0) is 19.1 Å². The number of piperazine rings is 1. The summed E-state index contributed by atoms with van der Waals surface area (Å²) in [7, 11) is 0. The van der Waals surface area contributed by atoms with Gasteiger partial charge in [0.15, 0.2) is 6.61 Å². The van der Waals surface area contributed by atoms with Gasteiger partial charge in [0.05, 0.1) is 0 Å². The summed E-state index contributed by atoms with van der Waals surface area (Å²) in [6.45, 7) is 7.02. The van der Waals surface area contributed by atoms with Crippen molar-refractivity contribution in [2.45, 2.75) is 6.92 Å². The molecule has 0 radical (unpaired) electrons. The lowest BCUT2D eigenvalue weighted by Gasteiger charge is -2.34. The third-order valence-electron chi connectivity index (χ3n) is 3.55. The highest BCUT2D eigenvalue weighted by Crippen LogP contribution is 2.11. The zero-order chi connectivity index (χ0) is 14.4. The molecule has 1 fully saturated rings. The molecule has 1 saturated heterocycles. The minimum atomic E-state index is 0.0537. The number of carbonyl (C=O) groups is 1. The van der Waals surface area contributed by atoms with Crippen LogP contribution >= 0.6 is 0 Å². The van der Waals surface area contributed by atoms with Gasteiger partial charge in [-0.2, -0.15) is 0 Å². The molecule has 110 valence electrons. The number of aryl methyl sites for hydroxylation is 1. The van der Waals surface area contributed by atoms with Gasteiger partial charge >= 0.3 is 0 Å². The number of amides is 1. The Labute approximate surface area is 120 Å². The molecular formula is C15H23N3O2. The summed E-state index contributed by atoms with van der Waals surface area (Å²) in [6, 6.07) is 7.74. The summed E-state index contributed by atoms with van der Waals surface area (Å²) in [5.74, 6) is 0.795. The Kier molecular flexibility index (Phi) is 5.38. The van der Waals surface area contributed by atoms with Gasteiger partial charge in [0.1, 0.15) is 5.75 Å². The van der Waals surface area contributed by atoms with Gasteiger partial charge in [-0.3, -0.25) is 9.69 Å². The minimum absolute atomic E-state index is 0.0537. The van der Waals surface area contributed by atoms with Gasteiger partial charge < -0.3 is 15.4 Å². The lowest BCUT2D eigenvalue weighted by molar-refractivity contribution is -0.135. The van der Waals surface area contributed by atoms with Crippen molar-refractivity contribution in [3.05, 3.63) is 29.8 Å². The van der Waals surface area contributed by atoms with Crippen molar-refractivity contribution < 1.29 is 9.53 Å². The van der Waals surface area contributed by atoms with Crippen LogP contribution in [-0.2, 0) is 4.79 Å². The van der Waals surface area contributed by atoms with E-state index in [0.29, 0.717) is 6.54 Å². The van der Waals surface area contributed by atoms with E-state index in [4.69, 9.17) is 10.5 Å². The molecule has 0 aliphatic carbocycles. The van der Waals surface area contributed by atoms with Crippen LogP contribution in [0.2, 0.25) is 0 Å². The maximum absolute atomic E-state index is 12.1. The van der Waals surface area contributed by atoms with Crippen LogP contribution in [0.15, 0.2) is 24.3 Å². The highest BCUT2D eigenvalue weighted by Gasteiger charge is 2.20. The molecule has 1 amide bonds. The fraction of sp³-hybridized carbons (Fsp3) is 0.533. The molecular weight excluding hydrogens is 254 g/mol. The summed E-state index contributed by atoms with van der Waals surface area (Å²) in [6.07, 6.45) is 0. The molecule has 0 unspecified atom stereocenters. The van der Waals surface area contributed by atoms with E-state index in [0.717, 1.165) is 38.5 Å². The third-order valence-corrected chi connectivity index (χ3v) is 3.55. The highest BCUT2D eigenvalue weighted by molar-refractivity contribution is 5.77. The number of ether oxygens (including phenoxy) is 1. The lowest BCUT2D eigenvalue weighted by Crippen LogP contribution is -2.50. The number of hydrogen-bond donors (Lipinski definition) is 1. The maximum Gasteiger partial charge on any atom is 0.260 e. The van der Waals surface area contributed by atoms with E-state index in [1.54, 1.807) is 0 Å². The fourth-order valence-electron chi connectivity index (χ4n) is 2.27. The van der Waals surface area contributed by atoms with Crippen LogP contribution in [0, 0.1) is 6.92 Å². The van der Waals surface area contributed by atoms with Crippen LogP contribution in [0.5, 0.6) is 5.75 Å². The van der Waals surface area contributed by atoms with Gasteiger partial charge in [0, 0.05) is 39.3 Å². The van der Waals surface area contributed by atoms with Crippen molar-refractivity contribution >= 4 is 5.91 Å². The molecule has 0 spiro atoms. The van der Waals surface area contributed by atoms with Gasteiger partial charge in [-0.25, -0.2) is 0 Å². The molecule has 0 atom stereocenters. The fourth-order valence-corrected chi connectivity index (χ4v) is 2.27. The Morgan fingerprint density at radius 3 is 2.45 bits per heavy atom. The second-order valence-corrected chi connectivity index (χ2v) is 5.11. The molecule has 1 heterocycles. The second kappa shape index (κ2) is 7.26. The van der Waals surface area contributed by atoms with Crippen molar-refractivity contribution in [3.8, 4) is 5.75 Å². The van der Waals surface area contributed by atoms with Crippen LogP contribution in [0.4, 0.5) is 0 Å². The Bertz CT molecular complexity index is 425. The van der Waals surface area contributed by atoms with E-state index in [2.05, 4.69) is 4.90 Å². The van der Waals surface area contributed by atoms with Crippen molar-refractivity contribution in [2.24, 2.45) is 5.73 Å². The first-order valence-electron chi connectivity index (χ1n) is 7.08. The SMILES string of the molecule is Cc1ccc(OCC(=O)N2CCN(CCN)CC2)cc1. The van der Waals surface area contributed by atoms with Crippen molar-refractivity contribution in [1.29, 1.82) is 0 Å². The monoisotopic (exact) mass is 277 g/mol. The highest BCUT2D eigenvalue weighted by atomic mass is 16.5. The average Bonchev–Trinajstić information content (AvgIpc) is 2.47. The lowest BCUT2D eigenvalue weighted by atomic mass is 10.2. The zero-order valence-corrected chi connectivity index (χ0v) is 12.0. The van der Waals surface area contributed by atoms with E-state index in [1.807, 2.05) is 36.1 Å². The summed E-state index contributed by atoms with van der Waals surface area (Å²) in [5.41, 5.74) is 6.71. The van der Waals surface area contributed by atoms with Crippen molar-refractivity contribution in [1.82, 2.24) is 9.80 Å². The molecule has 1 aliphatic rings. The molecule has 1 aliphatic heterocycles. The number of rotatable bonds is 5. The van der Waals surface area contributed by atoms with E-state index in [1.165, 1.54) is 5.56 Å². The minimum Gasteiger partial charge on any atom is -0.484 e. The van der Waals surface area contributed by atoms with Crippen LogP contribution in [0.3, 0.4) is 0 Å². The topological polar surface area (TPSA) is 58.8 Å². The molecule has 5 nitrogen and oxygen atoms in total. The van der Waals surface area contributed by atoms with Crippen LogP contribution in [0.1, 0.15) is 5.56 Å². The van der Waals surface area contributed by atoms with Crippen LogP contribution < -0.4 is 10.5 Å². The van der Waals surface area contributed by atoms with Gasteiger partial charge in [0.25, 0.3) is 5.91 Å². The van der Waals surface area contributed by atoms with Gasteiger partial charge in [-0.1, -0.05) is 17.7 Å². The molecule has 0 aromatic heterocycles. The standard InChI is InChI=1S/C15H23N3O2/c1-13-2-4-14(5-3-13)20-12-15(19)18-10-8-17(7-6-16)9-11-18/h2-5H,6-12,16H2,1H3. The molecule has 0 saturated carbocycles. The van der Waals surface area contributed by atoms with Crippen molar-refractivity contribution in [3.63, 3.8) is 0 Å². The van der Waals surface area contributed by atoms with Crippen molar-refractivity contribution in [2.75, 3.05) is 45.9 Å². The van der Waals surface area contributed by atoms with Crippen LogP contribution in [-0.4, -0.2) is 61.6 Å². The molecule has 20 heavy (non-hydrogen) atoms. The summed E-state index contributed by atoms with van der Waals surface area (Å²) >= 11 is 0. The average molecular weight is 277 g/mol. The van der Waals surface area contributed by atoms with E-state index in [-0.39, 0.29) is 12.5 Å².